The lowest BCUT2D eigenvalue weighted by Gasteiger charge is -2.11. The lowest BCUT2D eigenvalue weighted by molar-refractivity contribution is 0.423. The van der Waals surface area contributed by atoms with Crippen LogP contribution in [-0.4, -0.2) is 15.8 Å². The Labute approximate surface area is 137 Å². The second-order valence-electron chi connectivity index (χ2n) is 5.32. The fourth-order valence-electron chi connectivity index (χ4n) is 2.21. The third-order valence-electron chi connectivity index (χ3n) is 3.53. The summed E-state index contributed by atoms with van der Waals surface area (Å²) >= 11 is 9.64. The standard InChI is InChI=1S/C15H17BrClN3O/c1-9-12(8-18-11-4-5-11)15(20(2)19-9)21-14-7-10(16)3-6-13(14)17/h3,6-7,11,18H,4-5,8H2,1-2H3. The average Bonchev–Trinajstić information content (AvgIpc) is 3.21. The van der Waals surface area contributed by atoms with Crippen molar-refractivity contribution in [3.63, 3.8) is 0 Å². The van der Waals surface area contributed by atoms with Gasteiger partial charge in [-0.25, -0.2) is 4.68 Å². The Hall–Kier alpha value is -1.04. The summed E-state index contributed by atoms with van der Waals surface area (Å²) in [5, 5.41) is 8.54. The zero-order valence-corrected chi connectivity index (χ0v) is 14.3. The molecule has 0 atom stereocenters. The molecule has 0 unspecified atom stereocenters. The van der Waals surface area contributed by atoms with Crippen molar-refractivity contribution >= 4 is 27.5 Å². The Morgan fingerprint density at radius 3 is 2.95 bits per heavy atom. The smallest absolute Gasteiger partial charge is 0.222 e. The normalized spacial score (nSPS) is 14.5. The topological polar surface area (TPSA) is 39.1 Å². The van der Waals surface area contributed by atoms with Crippen molar-refractivity contribution in [1.29, 1.82) is 0 Å². The largest absolute Gasteiger partial charge is 0.437 e. The first-order valence-corrected chi connectivity index (χ1v) is 8.10. The number of aryl methyl sites for hydroxylation is 2. The van der Waals surface area contributed by atoms with Gasteiger partial charge in [0.05, 0.1) is 16.3 Å². The number of halogens is 2. The zero-order valence-electron chi connectivity index (χ0n) is 12.0. The predicted octanol–water partition coefficient (Wildman–Crippen LogP) is 4.19. The number of benzene rings is 1. The first-order valence-electron chi connectivity index (χ1n) is 6.93. The summed E-state index contributed by atoms with van der Waals surface area (Å²) in [4.78, 5) is 0. The van der Waals surface area contributed by atoms with E-state index in [0.29, 0.717) is 16.8 Å². The third-order valence-corrected chi connectivity index (χ3v) is 4.34. The van der Waals surface area contributed by atoms with Gasteiger partial charge in [0.1, 0.15) is 5.75 Å². The Morgan fingerprint density at radius 2 is 2.24 bits per heavy atom. The molecule has 1 heterocycles. The van der Waals surface area contributed by atoms with Gasteiger partial charge in [-0.3, -0.25) is 0 Å². The molecule has 1 saturated carbocycles. The summed E-state index contributed by atoms with van der Waals surface area (Å²) in [7, 11) is 1.88. The molecule has 1 aromatic heterocycles. The summed E-state index contributed by atoms with van der Waals surface area (Å²) in [5.74, 6) is 1.36. The van der Waals surface area contributed by atoms with Gasteiger partial charge in [-0.05, 0) is 38.0 Å². The molecule has 1 fully saturated rings. The molecule has 3 rings (SSSR count). The summed E-state index contributed by atoms with van der Waals surface area (Å²) in [6.45, 7) is 2.77. The number of aromatic nitrogens is 2. The maximum absolute atomic E-state index is 6.20. The zero-order chi connectivity index (χ0) is 15.0. The monoisotopic (exact) mass is 369 g/mol. The number of nitrogens with one attached hydrogen (secondary N) is 1. The van der Waals surface area contributed by atoms with E-state index in [0.717, 1.165) is 28.2 Å². The summed E-state index contributed by atoms with van der Waals surface area (Å²) in [6, 6.07) is 6.21. The van der Waals surface area contributed by atoms with Crippen molar-refractivity contribution in [2.75, 3.05) is 0 Å². The van der Waals surface area contributed by atoms with Crippen LogP contribution >= 0.6 is 27.5 Å². The van der Waals surface area contributed by atoms with Gasteiger partial charge in [-0.15, -0.1) is 0 Å². The Morgan fingerprint density at radius 1 is 1.48 bits per heavy atom. The highest BCUT2D eigenvalue weighted by atomic mass is 79.9. The van der Waals surface area contributed by atoms with Gasteiger partial charge < -0.3 is 10.1 Å². The number of rotatable bonds is 5. The van der Waals surface area contributed by atoms with E-state index in [9.17, 15) is 0 Å². The molecule has 0 aliphatic heterocycles. The van der Waals surface area contributed by atoms with Gasteiger partial charge in [-0.2, -0.15) is 5.10 Å². The van der Waals surface area contributed by atoms with Crippen molar-refractivity contribution in [3.05, 3.63) is 39.0 Å². The number of ether oxygens (including phenoxy) is 1. The molecule has 112 valence electrons. The van der Waals surface area contributed by atoms with E-state index < -0.39 is 0 Å². The molecular weight excluding hydrogens is 354 g/mol. The quantitative estimate of drug-likeness (QED) is 0.858. The van der Waals surface area contributed by atoms with Crippen molar-refractivity contribution in [2.45, 2.75) is 32.4 Å². The maximum atomic E-state index is 6.20. The molecule has 2 aromatic rings. The van der Waals surface area contributed by atoms with Crippen LogP contribution in [0, 0.1) is 6.92 Å². The van der Waals surface area contributed by atoms with Gasteiger partial charge in [0.25, 0.3) is 0 Å². The molecule has 1 aliphatic rings. The van der Waals surface area contributed by atoms with E-state index in [1.165, 1.54) is 12.8 Å². The number of nitrogens with zero attached hydrogens (tertiary/aromatic N) is 2. The van der Waals surface area contributed by atoms with Gasteiger partial charge >= 0.3 is 0 Å². The highest BCUT2D eigenvalue weighted by molar-refractivity contribution is 9.10. The first-order chi connectivity index (χ1) is 10.0. The second-order valence-corrected chi connectivity index (χ2v) is 6.65. The molecule has 21 heavy (non-hydrogen) atoms. The number of hydrogen-bond acceptors (Lipinski definition) is 3. The fraction of sp³-hybridized carbons (Fsp3) is 0.400. The minimum absolute atomic E-state index is 0.582. The van der Waals surface area contributed by atoms with Crippen molar-refractivity contribution in [2.24, 2.45) is 7.05 Å². The fourth-order valence-corrected chi connectivity index (χ4v) is 2.70. The molecule has 1 aliphatic carbocycles. The molecule has 0 amide bonds. The van der Waals surface area contributed by atoms with Crippen LogP contribution in [-0.2, 0) is 13.6 Å². The van der Waals surface area contributed by atoms with Crippen LogP contribution in [0.1, 0.15) is 24.1 Å². The molecule has 6 heteroatoms. The van der Waals surface area contributed by atoms with Crippen molar-refractivity contribution in [1.82, 2.24) is 15.1 Å². The lowest BCUT2D eigenvalue weighted by atomic mass is 10.2. The van der Waals surface area contributed by atoms with E-state index >= 15 is 0 Å². The predicted molar refractivity (Wildman–Crippen MR) is 87.0 cm³/mol. The van der Waals surface area contributed by atoms with E-state index in [4.69, 9.17) is 16.3 Å². The minimum atomic E-state index is 0.582. The molecule has 0 radical (unpaired) electrons. The van der Waals surface area contributed by atoms with Crippen LogP contribution in [0.15, 0.2) is 22.7 Å². The summed E-state index contributed by atoms with van der Waals surface area (Å²) < 4.78 is 8.71. The Bertz CT molecular complexity index is 667. The molecule has 4 nitrogen and oxygen atoms in total. The van der Waals surface area contributed by atoms with E-state index in [2.05, 4.69) is 26.3 Å². The molecule has 0 saturated heterocycles. The van der Waals surface area contributed by atoms with Gasteiger partial charge in [0.2, 0.25) is 5.88 Å². The molecule has 1 aromatic carbocycles. The van der Waals surface area contributed by atoms with Gasteiger partial charge in [0.15, 0.2) is 0 Å². The molecular formula is C15H17BrClN3O. The Balaban J connectivity index is 1.87. The van der Waals surface area contributed by atoms with Crippen LogP contribution in [0.4, 0.5) is 0 Å². The maximum Gasteiger partial charge on any atom is 0.222 e. The average molecular weight is 371 g/mol. The third kappa shape index (κ3) is 3.42. The van der Waals surface area contributed by atoms with E-state index in [1.54, 1.807) is 4.68 Å². The van der Waals surface area contributed by atoms with Crippen molar-refractivity contribution in [3.8, 4) is 11.6 Å². The second kappa shape index (κ2) is 5.99. The Kier molecular flexibility index (Phi) is 4.24. The SMILES string of the molecule is Cc1nn(C)c(Oc2cc(Br)ccc2Cl)c1CNC1CC1. The van der Waals surface area contributed by atoms with Crippen molar-refractivity contribution < 1.29 is 4.74 Å². The number of hydrogen-bond donors (Lipinski definition) is 1. The van der Waals surface area contributed by atoms with Crippen LogP contribution in [0.25, 0.3) is 0 Å². The van der Waals surface area contributed by atoms with Crippen LogP contribution in [0.3, 0.4) is 0 Å². The first kappa shape index (κ1) is 14.9. The van der Waals surface area contributed by atoms with Crippen LogP contribution < -0.4 is 10.1 Å². The molecule has 0 spiro atoms. The minimum Gasteiger partial charge on any atom is -0.437 e. The van der Waals surface area contributed by atoms with E-state index in [-0.39, 0.29) is 0 Å². The molecule has 1 N–H and O–H groups in total. The summed E-state index contributed by atoms with van der Waals surface area (Å²) in [5.41, 5.74) is 2.06. The van der Waals surface area contributed by atoms with Crippen LogP contribution in [0.5, 0.6) is 11.6 Å². The highest BCUT2D eigenvalue weighted by Crippen LogP contribution is 2.34. The lowest BCUT2D eigenvalue weighted by Crippen LogP contribution is -2.16. The van der Waals surface area contributed by atoms with Gasteiger partial charge in [-0.1, -0.05) is 27.5 Å². The van der Waals surface area contributed by atoms with Crippen LogP contribution in [0.2, 0.25) is 5.02 Å². The summed E-state index contributed by atoms with van der Waals surface area (Å²) in [6.07, 6.45) is 2.51. The van der Waals surface area contributed by atoms with E-state index in [1.807, 2.05) is 32.2 Å². The molecule has 0 bridgehead atoms. The van der Waals surface area contributed by atoms with Gasteiger partial charge in [0, 0.05) is 24.1 Å². The highest BCUT2D eigenvalue weighted by Gasteiger charge is 2.23.